The molecule has 1 aliphatic carbocycles. The summed E-state index contributed by atoms with van der Waals surface area (Å²) < 4.78 is 6.00. The van der Waals surface area contributed by atoms with E-state index in [0.29, 0.717) is 23.7 Å². The van der Waals surface area contributed by atoms with Gasteiger partial charge in [-0.15, -0.1) is 0 Å². The lowest BCUT2D eigenvalue weighted by Crippen LogP contribution is -2.41. The number of rotatable bonds is 7. The molecule has 0 radical (unpaired) electrons. The fraction of sp³-hybridized carbons (Fsp3) is 0.667. The van der Waals surface area contributed by atoms with Crippen molar-refractivity contribution in [3.8, 4) is 0 Å². The van der Waals surface area contributed by atoms with Crippen LogP contribution < -0.4 is 0 Å². The predicted molar refractivity (Wildman–Crippen MR) is 89.3 cm³/mol. The van der Waals surface area contributed by atoms with Gasteiger partial charge in [-0.2, -0.15) is 0 Å². The number of epoxide rings is 1. The van der Waals surface area contributed by atoms with Gasteiger partial charge in [-0.25, -0.2) is 0 Å². The molecule has 3 rings (SSSR count). The van der Waals surface area contributed by atoms with Gasteiger partial charge in [-0.1, -0.05) is 50.0 Å². The highest BCUT2D eigenvalue weighted by atomic mass is 28.3. The van der Waals surface area contributed by atoms with Gasteiger partial charge in [0.2, 0.25) is 0 Å². The maximum atomic E-state index is 10.7. The number of aliphatic hydroxyl groups is 1. The fourth-order valence-corrected chi connectivity index (χ4v) is 6.16. The van der Waals surface area contributed by atoms with Crippen LogP contribution in [0.25, 0.3) is 0 Å². The van der Waals surface area contributed by atoms with Crippen LogP contribution in [0.1, 0.15) is 24.8 Å². The molecule has 2 fully saturated rings. The number of aliphatic hydroxyl groups excluding tert-OH is 1. The molecule has 21 heavy (non-hydrogen) atoms. The summed E-state index contributed by atoms with van der Waals surface area (Å²) in [6.45, 7) is 7.12. The molecule has 2 aliphatic rings. The molecule has 3 heteroatoms. The second kappa shape index (κ2) is 5.86. The van der Waals surface area contributed by atoms with Gasteiger partial charge in [0.1, 0.15) is 0 Å². The van der Waals surface area contributed by atoms with Crippen LogP contribution in [0.4, 0.5) is 0 Å². The molecule has 1 N–H and O–H groups in total. The molecule has 2 nitrogen and oxygen atoms in total. The molecule has 0 bridgehead atoms. The van der Waals surface area contributed by atoms with Crippen LogP contribution in [0, 0.1) is 5.92 Å². The molecule has 4 atom stereocenters. The van der Waals surface area contributed by atoms with E-state index in [0.717, 1.165) is 12.8 Å². The van der Waals surface area contributed by atoms with Gasteiger partial charge in [0.25, 0.3) is 0 Å². The Labute approximate surface area is 129 Å². The van der Waals surface area contributed by atoms with E-state index in [2.05, 4.69) is 50.0 Å². The molecule has 0 aromatic heterocycles. The third-order valence-electron chi connectivity index (χ3n) is 5.01. The first-order chi connectivity index (χ1) is 9.97. The standard InChI is InChI=1S/C18H28O2Si/c1-21(2,3)18(16(19)14-10-11-14)17-15(20-17)12-9-13-7-5-4-6-8-13/h4-8,14-19H,9-12H2,1-3H3/t15-,16+,17+,18+/m0/s1. The summed E-state index contributed by atoms with van der Waals surface area (Å²) in [6, 6.07) is 10.6. The zero-order valence-corrected chi connectivity index (χ0v) is 14.5. The first-order valence-corrected chi connectivity index (χ1v) is 11.9. The molecule has 116 valence electrons. The van der Waals surface area contributed by atoms with Crippen molar-refractivity contribution in [2.45, 2.75) is 69.2 Å². The molecular weight excluding hydrogens is 276 g/mol. The Morgan fingerprint density at radius 2 is 1.86 bits per heavy atom. The molecule has 1 saturated heterocycles. The quantitative estimate of drug-likeness (QED) is 0.613. The van der Waals surface area contributed by atoms with Gasteiger partial charge in [0, 0.05) is 5.54 Å². The summed E-state index contributed by atoms with van der Waals surface area (Å²) >= 11 is 0. The molecule has 1 saturated carbocycles. The first kappa shape index (κ1) is 15.3. The number of hydrogen-bond donors (Lipinski definition) is 1. The van der Waals surface area contributed by atoms with Crippen molar-refractivity contribution in [3.05, 3.63) is 35.9 Å². The van der Waals surface area contributed by atoms with Crippen LogP contribution in [0.2, 0.25) is 25.2 Å². The number of hydrogen-bond acceptors (Lipinski definition) is 2. The van der Waals surface area contributed by atoms with Crippen LogP contribution in [0.15, 0.2) is 30.3 Å². The number of benzene rings is 1. The van der Waals surface area contributed by atoms with Crippen molar-refractivity contribution in [2.24, 2.45) is 5.92 Å². The summed E-state index contributed by atoms with van der Waals surface area (Å²) in [5.74, 6) is 0.556. The maximum absolute atomic E-state index is 10.7. The molecule has 0 unspecified atom stereocenters. The summed E-state index contributed by atoms with van der Waals surface area (Å²) in [6.07, 6.45) is 5.16. The van der Waals surface area contributed by atoms with Crippen molar-refractivity contribution in [1.29, 1.82) is 0 Å². The summed E-state index contributed by atoms with van der Waals surface area (Å²) in [5.41, 5.74) is 1.80. The molecule has 1 aromatic rings. The molecule has 0 amide bonds. The van der Waals surface area contributed by atoms with Crippen molar-refractivity contribution >= 4 is 8.07 Å². The average molecular weight is 305 g/mol. The second-order valence-electron chi connectivity index (χ2n) is 7.88. The topological polar surface area (TPSA) is 32.8 Å². The number of ether oxygens (including phenoxy) is 1. The SMILES string of the molecule is C[Si](C)(C)[C@@H]([C@@H]1O[C@H]1CCc1ccccc1)[C@H](O)C1CC1. The monoisotopic (exact) mass is 304 g/mol. The molecule has 0 spiro atoms. The minimum Gasteiger partial charge on any atom is -0.393 e. The van der Waals surface area contributed by atoms with Crippen LogP contribution in [0.5, 0.6) is 0 Å². The van der Waals surface area contributed by atoms with Gasteiger partial charge in [0.05, 0.1) is 26.4 Å². The van der Waals surface area contributed by atoms with Crippen LogP contribution >= 0.6 is 0 Å². The van der Waals surface area contributed by atoms with Crippen molar-refractivity contribution < 1.29 is 9.84 Å². The third-order valence-corrected chi connectivity index (χ3v) is 7.68. The highest BCUT2D eigenvalue weighted by molar-refractivity contribution is 6.78. The van der Waals surface area contributed by atoms with Crippen LogP contribution in [0.3, 0.4) is 0 Å². The molecule has 1 heterocycles. The van der Waals surface area contributed by atoms with Crippen molar-refractivity contribution in [2.75, 3.05) is 0 Å². The van der Waals surface area contributed by atoms with Gasteiger partial charge in [-0.3, -0.25) is 0 Å². The van der Waals surface area contributed by atoms with E-state index < -0.39 is 8.07 Å². The Balaban J connectivity index is 1.56. The van der Waals surface area contributed by atoms with E-state index in [1.165, 1.54) is 18.4 Å². The largest absolute Gasteiger partial charge is 0.393 e. The minimum atomic E-state index is -1.40. The lowest BCUT2D eigenvalue weighted by molar-refractivity contribution is 0.127. The van der Waals surface area contributed by atoms with Gasteiger partial charge >= 0.3 is 0 Å². The smallest absolute Gasteiger partial charge is 0.0870 e. The Kier molecular flexibility index (Phi) is 4.26. The summed E-state index contributed by atoms with van der Waals surface area (Å²) in [5, 5.41) is 10.7. The second-order valence-corrected chi connectivity index (χ2v) is 13.3. The van der Waals surface area contributed by atoms with Crippen molar-refractivity contribution in [3.63, 3.8) is 0 Å². The Morgan fingerprint density at radius 1 is 1.19 bits per heavy atom. The summed E-state index contributed by atoms with van der Waals surface area (Å²) in [4.78, 5) is 0. The van der Waals surface area contributed by atoms with E-state index >= 15 is 0 Å². The van der Waals surface area contributed by atoms with E-state index in [1.807, 2.05) is 0 Å². The van der Waals surface area contributed by atoms with Crippen LogP contribution in [-0.2, 0) is 11.2 Å². The highest BCUT2D eigenvalue weighted by Crippen LogP contribution is 2.49. The normalized spacial score (nSPS) is 28.2. The first-order valence-electron chi connectivity index (χ1n) is 8.34. The molecule has 1 aromatic carbocycles. The predicted octanol–water partition coefficient (Wildman–Crippen LogP) is 3.87. The van der Waals surface area contributed by atoms with E-state index in [4.69, 9.17) is 4.74 Å². The number of aryl methyl sites for hydroxylation is 1. The maximum Gasteiger partial charge on any atom is 0.0870 e. The average Bonchev–Trinajstić information content (AvgIpc) is 3.31. The summed E-state index contributed by atoms with van der Waals surface area (Å²) in [7, 11) is -1.40. The minimum absolute atomic E-state index is 0.122. The van der Waals surface area contributed by atoms with E-state index in [9.17, 15) is 5.11 Å². The zero-order valence-electron chi connectivity index (χ0n) is 13.5. The fourth-order valence-electron chi connectivity index (χ4n) is 3.59. The lowest BCUT2D eigenvalue weighted by atomic mass is 10.0. The Morgan fingerprint density at radius 3 is 2.43 bits per heavy atom. The highest BCUT2D eigenvalue weighted by Gasteiger charge is 2.54. The molecular formula is C18H28O2Si. The van der Waals surface area contributed by atoms with Crippen LogP contribution in [-0.4, -0.2) is 31.5 Å². The lowest BCUT2D eigenvalue weighted by Gasteiger charge is -2.32. The Hall–Kier alpha value is -0.643. The van der Waals surface area contributed by atoms with Gasteiger partial charge in [-0.05, 0) is 37.2 Å². The van der Waals surface area contributed by atoms with Gasteiger partial charge in [0.15, 0.2) is 0 Å². The third kappa shape index (κ3) is 3.76. The van der Waals surface area contributed by atoms with E-state index in [-0.39, 0.29) is 6.10 Å². The van der Waals surface area contributed by atoms with E-state index in [1.54, 1.807) is 0 Å². The zero-order chi connectivity index (χ0) is 15.0. The van der Waals surface area contributed by atoms with Gasteiger partial charge < -0.3 is 9.84 Å². The Bertz CT molecular complexity index is 464. The van der Waals surface area contributed by atoms with Crippen molar-refractivity contribution in [1.82, 2.24) is 0 Å². The molecule has 1 aliphatic heterocycles.